The van der Waals surface area contributed by atoms with Crippen LogP contribution in [-0.2, 0) is 6.42 Å². The molecule has 0 spiro atoms. The molecule has 0 radical (unpaired) electrons. The maximum absolute atomic E-state index is 3.08. The van der Waals surface area contributed by atoms with E-state index in [4.69, 9.17) is 0 Å². The number of benzene rings is 1. The van der Waals surface area contributed by atoms with Crippen molar-refractivity contribution in [3.05, 3.63) is 48.0 Å². The molecule has 0 amide bonds. The van der Waals surface area contributed by atoms with Gasteiger partial charge in [-0.25, -0.2) is 0 Å². The predicted molar refractivity (Wildman–Crippen MR) is 57.8 cm³/mol. The molecule has 0 aliphatic heterocycles. The normalized spacial score (nSPS) is 10.8. The van der Waals surface area contributed by atoms with Gasteiger partial charge >= 0.3 is 0 Å². The lowest BCUT2D eigenvalue weighted by Crippen LogP contribution is -2.03. The second-order valence-electron chi connectivity index (χ2n) is 3.05. The monoisotopic (exact) mass is 175 g/mol. The van der Waals surface area contributed by atoms with Crippen molar-refractivity contribution in [3.63, 3.8) is 0 Å². The SMILES string of the molecule is CNCC=CCCc1ccccc1. The van der Waals surface area contributed by atoms with Crippen molar-refractivity contribution in [2.45, 2.75) is 12.8 Å². The Morgan fingerprint density at radius 3 is 2.62 bits per heavy atom. The first kappa shape index (κ1) is 10.0. The van der Waals surface area contributed by atoms with Crippen LogP contribution in [-0.4, -0.2) is 13.6 Å². The predicted octanol–water partition coefficient (Wildman–Crippen LogP) is 2.39. The van der Waals surface area contributed by atoms with Gasteiger partial charge in [-0.1, -0.05) is 42.5 Å². The van der Waals surface area contributed by atoms with Crippen molar-refractivity contribution in [2.24, 2.45) is 0 Å². The molecule has 0 saturated carbocycles. The van der Waals surface area contributed by atoms with Crippen LogP contribution in [0.25, 0.3) is 0 Å². The largest absolute Gasteiger partial charge is 0.316 e. The van der Waals surface area contributed by atoms with Gasteiger partial charge in [-0.05, 0) is 25.5 Å². The maximum Gasteiger partial charge on any atom is 0.0131 e. The molecule has 1 aromatic rings. The summed E-state index contributed by atoms with van der Waals surface area (Å²) < 4.78 is 0. The average molecular weight is 175 g/mol. The van der Waals surface area contributed by atoms with Crippen LogP contribution in [0.4, 0.5) is 0 Å². The molecule has 0 heterocycles. The van der Waals surface area contributed by atoms with Gasteiger partial charge in [0.2, 0.25) is 0 Å². The number of hydrogen-bond donors (Lipinski definition) is 1. The zero-order valence-electron chi connectivity index (χ0n) is 8.16. The Balaban J connectivity index is 2.20. The van der Waals surface area contributed by atoms with Crippen LogP contribution >= 0.6 is 0 Å². The molecule has 0 unspecified atom stereocenters. The third-order valence-corrected chi connectivity index (χ3v) is 1.93. The first-order valence-electron chi connectivity index (χ1n) is 4.77. The Kier molecular flexibility index (Phi) is 4.95. The summed E-state index contributed by atoms with van der Waals surface area (Å²) >= 11 is 0. The maximum atomic E-state index is 3.08. The van der Waals surface area contributed by atoms with Crippen molar-refractivity contribution in [2.75, 3.05) is 13.6 Å². The number of aryl methyl sites for hydroxylation is 1. The van der Waals surface area contributed by atoms with E-state index in [0.29, 0.717) is 0 Å². The second-order valence-corrected chi connectivity index (χ2v) is 3.05. The highest BCUT2D eigenvalue weighted by molar-refractivity contribution is 5.15. The number of allylic oxidation sites excluding steroid dienone is 1. The van der Waals surface area contributed by atoms with Crippen LogP contribution in [0.1, 0.15) is 12.0 Å². The van der Waals surface area contributed by atoms with Gasteiger partial charge < -0.3 is 5.32 Å². The highest BCUT2D eigenvalue weighted by Gasteiger charge is 1.87. The van der Waals surface area contributed by atoms with Gasteiger partial charge in [0.25, 0.3) is 0 Å². The van der Waals surface area contributed by atoms with Gasteiger partial charge in [0.15, 0.2) is 0 Å². The molecule has 0 saturated heterocycles. The summed E-state index contributed by atoms with van der Waals surface area (Å²) in [4.78, 5) is 0. The minimum absolute atomic E-state index is 0.967. The summed E-state index contributed by atoms with van der Waals surface area (Å²) in [6.07, 6.45) is 6.67. The quantitative estimate of drug-likeness (QED) is 0.678. The highest BCUT2D eigenvalue weighted by atomic mass is 14.8. The summed E-state index contributed by atoms with van der Waals surface area (Å²) in [6.45, 7) is 0.967. The van der Waals surface area contributed by atoms with E-state index in [1.54, 1.807) is 0 Å². The van der Waals surface area contributed by atoms with Crippen LogP contribution in [0.15, 0.2) is 42.5 Å². The van der Waals surface area contributed by atoms with Gasteiger partial charge in [0.1, 0.15) is 0 Å². The number of nitrogens with one attached hydrogen (secondary N) is 1. The molecule has 0 atom stereocenters. The molecule has 0 aliphatic carbocycles. The van der Waals surface area contributed by atoms with Crippen LogP contribution < -0.4 is 5.32 Å². The molecule has 1 N–H and O–H groups in total. The van der Waals surface area contributed by atoms with Gasteiger partial charge in [0, 0.05) is 6.54 Å². The van der Waals surface area contributed by atoms with Crippen molar-refractivity contribution in [3.8, 4) is 0 Å². The van der Waals surface area contributed by atoms with Gasteiger partial charge in [-0.3, -0.25) is 0 Å². The van der Waals surface area contributed by atoms with Gasteiger partial charge in [0.05, 0.1) is 0 Å². The summed E-state index contributed by atoms with van der Waals surface area (Å²) in [6, 6.07) is 10.6. The van der Waals surface area contributed by atoms with Crippen LogP contribution in [0.5, 0.6) is 0 Å². The van der Waals surface area contributed by atoms with E-state index in [1.165, 1.54) is 5.56 Å². The molecular formula is C12H17N. The average Bonchev–Trinajstić information content (AvgIpc) is 2.19. The van der Waals surface area contributed by atoms with E-state index in [-0.39, 0.29) is 0 Å². The van der Waals surface area contributed by atoms with Crippen LogP contribution in [0, 0.1) is 0 Å². The molecule has 1 heteroatoms. The van der Waals surface area contributed by atoms with E-state index in [1.807, 2.05) is 7.05 Å². The Labute approximate surface area is 80.5 Å². The summed E-state index contributed by atoms with van der Waals surface area (Å²) in [5.41, 5.74) is 1.41. The first-order valence-corrected chi connectivity index (χ1v) is 4.77. The lowest BCUT2D eigenvalue weighted by Gasteiger charge is -1.96. The Bertz CT molecular complexity index is 239. The molecule has 1 nitrogen and oxygen atoms in total. The number of likely N-dealkylation sites (N-methyl/N-ethyl adjacent to an activating group) is 1. The Hall–Kier alpha value is -1.08. The van der Waals surface area contributed by atoms with Crippen molar-refractivity contribution < 1.29 is 0 Å². The molecule has 0 aliphatic rings. The zero-order valence-corrected chi connectivity index (χ0v) is 8.16. The van der Waals surface area contributed by atoms with Gasteiger partial charge in [-0.2, -0.15) is 0 Å². The third-order valence-electron chi connectivity index (χ3n) is 1.93. The molecule has 0 bridgehead atoms. The van der Waals surface area contributed by atoms with Gasteiger partial charge in [-0.15, -0.1) is 0 Å². The lowest BCUT2D eigenvalue weighted by molar-refractivity contribution is 0.908. The van der Waals surface area contributed by atoms with Crippen molar-refractivity contribution in [1.82, 2.24) is 5.32 Å². The van der Waals surface area contributed by atoms with E-state index in [0.717, 1.165) is 19.4 Å². The fourth-order valence-corrected chi connectivity index (χ4v) is 1.21. The summed E-state index contributed by atoms with van der Waals surface area (Å²) in [5, 5.41) is 3.08. The van der Waals surface area contributed by atoms with E-state index in [2.05, 4.69) is 47.8 Å². The summed E-state index contributed by atoms with van der Waals surface area (Å²) in [5.74, 6) is 0. The number of rotatable bonds is 5. The third kappa shape index (κ3) is 4.48. The standard InChI is InChI=1S/C12H17N/c1-13-11-7-3-6-10-12-8-4-2-5-9-12/h2-5,7-9,13H,6,10-11H2,1H3. The Morgan fingerprint density at radius 1 is 1.15 bits per heavy atom. The van der Waals surface area contributed by atoms with E-state index in [9.17, 15) is 0 Å². The first-order chi connectivity index (χ1) is 6.43. The van der Waals surface area contributed by atoms with E-state index < -0.39 is 0 Å². The highest BCUT2D eigenvalue weighted by Crippen LogP contribution is 2.02. The molecule has 0 aromatic heterocycles. The molecule has 1 aromatic carbocycles. The minimum atomic E-state index is 0.967. The fourth-order valence-electron chi connectivity index (χ4n) is 1.21. The van der Waals surface area contributed by atoms with Crippen LogP contribution in [0.3, 0.4) is 0 Å². The second kappa shape index (κ2) is 6.44. The zero-order chi connectivity index (χ0) is 9.36. The van der Waals surface area contributed by atoms with Crippen molar-refractivity contribution >= 4 is 0 Å². The molecule has 13 heavy (non-hydrogen) atoms. The topological polar surface area (TPSA) is 12.0 Å². The number of hydrogen-bond acceptors (Lipinski definition) is 1. The smallest absolute Gasteiger partial charge is 0.0131 e. The molecule has 70 valence electrons. The Morgan fingerprint density at radius 2 is 1.92 bits per heavy atom. The molecular weight excluding hydrogens is 158 g/mol. The van der Waals surface area contributed by atoms with E-state index >= 15 is 0 Å². The van der Waals surface area contributed by atoms with Crippen LogP contribution in [0.2, 0.25) is 0 Å². The molecule has 0 fully saturated rings. The summed E-state index contributed by atoms with van der Waals surface area (Å²) in [7, 11) is 1.96. The minimum Gasteiger partial charge on any atom is -0.316 e. The van der Waals surface area contributed by atoms with Crippen molar-refractivity contribution in [1.29, 1.82) is 0 Å². The lowest BCUT2D eigenvalue weighted by atomic mass is 10.1. The fraction of sp³-hybridized carbons (Fsp3) is 0.333. The molecule has 1 rings (SSSR count).